The Labute approximate surface area is 159 Å². The van der Waals surface area contributed by atoms with Gasteiger partial charge in [-0.3, -0.25) is 4.79 Å². The van der Waals surface area contributed by atoms with Gasteiger partial charge in [0.2, 0.25) is 23.6 Å². The summed E-state index contributed by atoms with van der Waals surface area (Å²) < 4.78 is 16.3. The number of anilines is 2. The van der Waals surface area contributed by atoms with Crippen molar-refractivity contribution in [2.24, 2.45) is 11.3 Å². The average Bonchev–Trinajstić information content (AvgIpc) is 2.63. The van der Waals surface area contributed by atoms with Crippen LogP contribution in [0.3, 0.4) is 0 Å². The molecule has 5 rings (SSSR count). The number of nitrogens with one attached hydrogen (secondary N) is 1. The number of ether oxygens (including phenoxy) is 3. The van der Waals surface area contributed by atoms with E-state index in [2.05, 4.69) is 20.2 Å². The van der Waals surface area contributed by atoms with Gasteiger partial charge >= 0.3 is 0 Å². The Bertz CT molecular complexity index is 676. The Kier molecular flexibility index (Phi) is 4.84. The number of carbonyl (C=O) groups is 1. The monoisotopic (exact) mass is 376 g/mol. The molecule has 4 aliphatic rings. The fourth-order valence-electron chi connectivity index (χ4n) is 4.64. The third kappa shape index (κ3) is 3.42. The Morgan fingerprint density at radius 3 is 2.15 bits per heavy atom. The highest BCUT2D eigenvalue weighted by molar-refractivity contribution is 5.94. The molecule has 0 aromatic carbocycles. The minimum Gasteiger partial charge on any atom is -0.479 e. The van der Waals surface area contributed by atoms with Crippen molar-refractivity contribution in [3.63, 3.8) is 0 Å². The number of amides is 1. The summed E-state index contributed by atoms with van der Waals surface area (Å²) >= 11 is 0. The lowest BCUT2D eigenvalue weighted by atomic mass is 9.43. The number of nitrogens with zero attached hydrogens (tertiary/aromatic N) is 3. The van der Waals surface area contributed by atoms with Crippen LogP contribution in [0, 0.1) is 11.3 Å². The molecule has 148 valence electrons. The van der Waals surface area contributed by atoms with Gasteiger partial charge in [-0.1, -0.05) is 0 Å². The summed E-state index contributed by atoms with van der Waals surface area (Å²) in [6.45, 7) is 1.61. The maximum absolute atomic E-state index is 12.5. The number of piperidine rings is 1. The fourth-order valence-corrected chi connectivity index (χ4v) is 4.64. The fraction of sp³-hybridized carbons (Fsp3) is 0.737. The first-order chi connectivity index (χ1) is 13.1. The van der Waals surface area contributed by atoms with Crippen molar-refractivity contribution in [2.45, 2.75) is 44.6 Å². The summed E-state index contributed by atoms with van der Waals surface area (Å²) in [5, 5.41) is 2.92. The SMILES string of the molecule is COc1nc(N2CCC(OC)CC2)nc(OC)c1NC(=O)CC12CC(C1)C2. The standard InChI is InChI=1S/C19H28N4O4/c1-25-13-4-6-23(7-5-13)18-21-16(26-2)15(17(22-18)27-3)20-14(24)11-19-8-12(9-19)10-19/h12-13H,4-11H2,1-3H3,(H,20,24). The number of aromatic nitrogens is 2. The topological polar surface area (TPSA) is 85.8 Å². The van der Waals surface area contributed by atoms with Gasteiger partial charge in [0.15, 0.2) is 5.69 Å². The second kappa shape index (κ2) is 7.14. The number of hydrogen-bond donors (Lipinski definition) is 1. The lowest BCUT2D eigenvalue weighted by molar-refractivity contribution is -0.139. The number of methoxy groups -OCH3 is 3. The van der Waals surface area contributed by atoms with Crippen LogP contribution < -0.4 is 19.7 Å². The lowest BCUT2D eigenvalue weighted by Gasteiger charge is -2.61. The van der Waals surface area contributed by atoms with E-state index in [1.54, 1.807) is 21.3 Å². The Hall–Kier alpha value is -2.09. The van der Waals surface area contributed by atoms with E-state index in [1.807, 2.05) is 0 Å². The smallest absolute Gasteiger partial charge is 0.246 e. The summed E-state index contributed by atoms with van der Waals surface area (Å²) in [6, 6.07) is 0. The van der Waals surface area contributed by atoms with Gasteiger partial charge < -0.3 is 24.4 Å². The molecule has 2 bridgehead atoms. The van der Waals surface area contributed by atoms with Gasteiger partial charge in [0, 0.05) is 26.6 Å². The van der Waals surface area contributed by atoms with Crippen LogP contribution in [0.4, 0.5) is 11.6 Å². The zero-order chi connectivity index (χ0) is 19.0. The summed E-state index contributed by atoms with van der Waals surface area (Å²) in [7, 11) is 4.83. The molecular weight excluding hydrogens is 348 g/mol. The van der Waals surface area contributed by atoms with Gasteiger partial charge in [0.05, 0.1) is 20.3 Å². The Morgan fingerprint density at radius 1 is 1.11 bits per heavy atom. The highest BCUT2D eigenvalue weighted by Crippen LogP contribution is 2.66. The van der Waals surface area contributed by atoms with Gasteiger partial charge in [0.1, 0.15) is 0 Å². The van der Waals surface area contributed by atoms with E-state index < -0.39 is 0 Å². The van der Waals surface area contributed by atoms with Crippen LogP contribution in [-0.4, -0.2) is 56.4 Å². The van der Waals surface area contributed by atoms with Gasteiger partial charge in [-0.25, -0.2) is 0 Å². The van der Waals surface area contributed by atoms with Crippen LogP contribution in [-0.2, 0) is 9.53 Å². The molecule has 1 aromatic heterocycles. The van der Waals surface area contributed by atoms with Crippen LogP contribution in [0.15, 0.2) is 0 Å². The normalized spacial score (nSPS) is 26.8. The third-order valence-electron chi connectivity index (χ3n) is 6.24. The molecule has 0 radical (unpaired) electrons. The molecule has 3 aliphatic carbocycles. The molecule has 1 amide bonds. The Balaban J connectivity index is 1.50. The molecule has 3 saturated carbocycles. The maximum Gasteiger partial charge on any atom is 0.246 e. The molecule has 1 N–H and O–H groups in total. The summed E-state index contributed by atoms with van der Waals surface area (Å²) in [4.78, 5) is 23.7. The zero-order valence-electron chi connectivity index (χ0n) is 16.3. The molecule has 4 fully saturated rings. The second-order valence-corrected chi connectivity index (χ2v) is 8.04. The molecule has 1 aromatic rings. The Morgan fingerprint density at radius 2 is 1.70 bits per heavy atom. The zero-order valence-corrected chi connectivity index (χ0v) is 16.3. The number of carbonyl (C=O) groups excluding carboxylic acids is 1. The van der Waals surface area contributed by atoms with Crippen molar-refractivity contribution in [3.8, 4) is 11.8 Å². The molecule has 0 spiro atoms. The van der Waals surface area contributed by atoms with E-state index in [-0.39, 0.29) is 17.4 Å². The third-order valence-corrected chi connectivity index (χ3v) is 6.24. The van der Waals surface area contributed by atoms with E-state index in [1.165, 1.54) is 19.3 Å². The molecule has 2 heterocycles. The van der Waals surface area contributed by atoms with Crippen molar-refractivity contribution < 1.29 is 19.0 Å². The average molecular weight is 376 g/mol. The highest BCUT2D eigenvalue weighted by atomic mass is 16.5. The van der Waals surface area contributed by atoms with Crippen molar-refractivity contribution in [3.05, 3.63) is 0 Å². The van der Waals surface area contributed by atoms with Crippen LogP contribution in [0.2, 0.25) is 0 Å². The molecule has 1 saturated heterocycles. The lowest BCUT2D eigenvalue weighted by Crippen LogP contribution is -2.53. The predicted molar refractivity (Wildman–Crippen MR) is 100 cm³/mol. The van der Waals surface area contributed by atoms with E-state index in [0.29, 0.717) is 29.8 Å². The highest BCUT2D eigenvalue weighted by Gasteiger charge is 2.57. The molecule has 0 unspecified atom stereocenters. The van der Waals surface area contributed by atoms with Crippen LogP contribution in [0.5, 0.6) is 11.8 Å². The van der Waals surface area contributed by atoms with Crippen molar-refractivity contribution in [2.75, 3.05) is 44.6 Å². The van der Waals surface area contributed by atoms with Gasteiger partial charge in [-0.05, 0) is 43.4 Å². The van der Waals surface area contributed by atoms with E-state index in [0.717, 1.165) is 31.8 Å². The first-order valence-corrected chi connectivity index (χ1v) is 9.63. The van der Waals surface area contributed by atoms with Crippen LogP contribution in [0.25, 0.3) is 0 Å². The molecule has 27 heavy (non-hydrogen) atoms. The van der Waals surface area contributed by atoms with E-state index >= 15 is 0 Å². The molecule has 0 atom stereocenters. The number of hydrogen-bond acceptors (Lipinski definition) is 7. The van der Waals surface area contributed by atoms with Crippen molar-refractivity contribution >= 4 is 17.5 Å². The summed E-state index contributed by atoms with van der Waals surface area (Å²) in [6.07, 6.45) is 6.21. The van der Waals surface area contributed by atoms with Crippen molar-refractivity contribution in [1.82, 2.24) is 9.97 Å². The molecule has 1 aliphatic heterocycles. The predicted octanol–water partition coefficient (Wildman–Crippen LogP) is 2.24. The molecule has 8 heteroatoms. The van der Waals surface area contributed by atoms with Crippen LogP contribution in [0.1, 0.15) is 38.5 Å². The first kappa shape index (κ1) is 18.3. The first-order valence-electron chi connectivity index (χ1n) is 9.63. The molecular formula is C19H28N4O4. The minimum atomic E-state index is -0.0259. The second-order valence-electron chi connectivity index (χ2n) is 8.04. The quantitative estimate of drug-likeness (QED) is 0.781. The largest absolute Gasteiger partial charge is 0.479 e. The summed E-state index contributed by atoms with van der Waals surface area (Å²) in [5.74, 6) is 2.04. The van der Waals surface area contributed by atoms with E-state index in [9.17, 15) is 4.79 Å². The van der Waals surface area contributed by atoms with Crippen molar-refractivity contribution in [1.29, 1.82) is 0 Å². The van der Waals surface area contributed by atoms with Gasteiger partial charge in [0.25, 0.3) is 0 Å². The minimum absolute atomic E-state index is 0.0259. The number of rotatable bonds is 7. The summed E-state index contributed by atoms with van der Waals surface area (Å²) in [5.41, 5.74) is 0.647. The van der Waals surface area contributed by atoms with Gasteiger partial charge in [-0.2, -0.15) is 9.97 Å². The van der Waals surface area contributed by atoms with Gasteiger partial charge in [-0.15, -0.1) is 0 Å². The van der Waals surface area contributed by atoms with E-state index in [4.69, 9.17) is 14.2 Å². The molecule has 8 nitrogen and oxygen atoms in total. The maximum atomic E-state index is 12.5. The van der Waals surface area contributed by atoms with Crippen LogP contribution >= 0.6 is 0 Å².